The number of aliphatic carboxylic acids is 1. The van der Waals surface area contributed by atoms with Crippen LogP contribution in [0.15, 0.2) is 52.8 Å². The summed E-state index contributed by atoms with van der Waals surface area (Å²) in [5.74, 6) is -3.91. The first kappa shape index (κ1) is 19.9. The summed E-state index contributed by atoms with van der Waals surface area (Å²) in [6.45, 7) is 3.21. The van der Waals surface area contributed by atoms with Crippen LogP contribution in [0.4, 0.5) is 4.39 Å². The molecule has 2 N–H and O–H groups in total. The SMILES string of the molecule is CC(C)[C@@H](NC(=O)/C(=C\c1ccc(F)cc1)NC(=O)c1ccco1)C(=O)[O-]. The Kier molecular flexibility index (Phi) is 6.48. The summed E-state index contributed by atoms with van der Waals surface area (Å²) in [6, 6.07) is 6.83. The topological polar surface area (TPSA) is 111 Å². The highest BCUT2D eigenvalue weighted by molar-refractivity contribution is 6.05. The lowest BCUT2D eigenvalue weighted by molar-refractivity contribution is -0.309. The van der Waals surface area contributed by atoms with Crippen molar-refractivity contribution in [1.29, 1.82) is 0 Å². The molecule has 0 fully saturated rings. The standard InChI is InChI=1S/C19H19FN2O5/c1-11(2)16(19(25)26)22-17(23)14(10-12-5-7-13(20)8-6-12)21-18(24)15-4-3-9-27-15/h3-11,16H,1-2H3,(H,21,24)(H,22,23)(H,25,26)/p-1/b14-10+/t16-/m1/s1. The summed E-state index contributed by atoms with van der Waals surface area (Å²) in [7, 11) is 0. The molecule has 27 heavy (non-hydrogen) atoms. The number of halogens is 1. The van der Waals surface area contributed by atoms with Crippen molar-refractivity contribution >= 4 is 23.9 Å². The molecule has 2 rings (SSSR count). The minimum absolute atomic E-state index is 0.0342. The average molecular weight is 373 g/mol. The van der Waals surface area contributed by atoms with Gasteiger partial charge in [0.1, 0.15) is 11.5 Å². The van der Waals surface area contributed by atoms with Gasteiger partial charge in [0, 0.05) is 0 Å². The molecule has 0 saturated heterocycles. The first-order chi connectivity index (χ1) is 12.8. The lowest BCUT2D eigenvalue weighted by atomic mass is 10.0. The second-order valence-electron chi connectivity index (χ2n) is 6.06. The molecule has 0 aliphatic carbocycles. The third kappa shape index (κ3) is 5.53. The van der Waals surface area contributed by atoms with Crippen LogP contribution in [0.2, 0.25) is 0 Å². The zero-order chi connectivity index (χ0) is 20.0. The maximum atomic E-state index is 13.1. The fourth-order valence-electron chi connectivity index (χ4n) is 2.19. The van der Waals surface area contributed by atoms with E-state index >= 15 is 0 Å². The summed E-state index contributed by atoms with van der Waals surface area (Å²) < 4.78 is 18.0. The molecular weight excluding hydrogens is 355 g/mol. The van der Waals surface area contributed by atoms with Crippen molar-refractivity contribution in [2.24, 2.45) is 5.92 Å². The zero-order valence-electron chi connectivity index (χ0n) is 14.7. The molecule has 1 aromatic carbocycles. The highest BCUT2D eigenvalue weighted by Crippen LogP contribution is 2.10. The van der Waals surface area contributed by atoms with Gasteiger partial charge in [-0.2, -0.15) is 0 Å². The van der Waals surface area contributed by atoms with E-state index in [2.05, 4.69) is 10.6 Å². The Bertz CT molecular complexity index is 841. The molecule has 2 amide bonds. The van der Waals surface area contributed by atoms with E-state index in [4.69, 9.17) is 4.42 Å². The summed E-state index contributed by atoms with van der Waals surface area (Å²) >= 11 is 0. The molecule has 1 aromatic heterocycles. The van der Waals surface area contributed by atoms with Crippen molar-refractivity contribution in [3.8, 4) is 0 Å². The van der Waals surface area contributed by atoms with E-state index in [-0.39, 0.29) is 11.5 Å². The van der Waals surface area contributed by atoms with Crippen molar-refractivity contribution in [1.82, 2.24) is 10.6 Å². The van der Waals surface area contributed by atoms with Crippen LogP contribution in [0, 0.1) is 11.7 Å². The van der Waals surface area contributed by atoms with Gasteiger partial charge in [0.15, 0.2) is 5.76 Å². The molecule has 2 aromatic rings. The van der Waals surface area contributed by atoms with Crippen molar-refractivity contribution < 1.29 is 28.3 Å². The van der Waals surface area contributed by atoms with Crippen LogP contribution in [0.25, 0.3) is 6.08 Å². The largest absolute Gasteiger partial charge is 0.548 e. The van der Waals surface area contributed by atoms with Gasteiger partial charge in [-0.25, -0.2) is 4.39 Å². The Morgan fingerprint density at radius 1 is 1.15 bits per heavy atom. The number of hydrogen-bond donors (Lipinski definition) is 2. The number of carbonyl (C=O) groups excluding carboxylic acids is 3. The molecule has 0 spiro atoms. The Morgan fingerprint density at radius 3 is 2.33 bits per heavy atom. The normalized spacial score (nSPS) is 12.5. The number of carbonyl (C=O) groups is 3. The van der Waals surface area contributed by atoms with Crippen LogP contribution in [-0.4, -0.2) is 23.8 Å². The molecule has 142 valence electrons. The lowest BCUT2D eigenvalue weighted by Crippen LogP contribution is -2.52. The Morgan fingerprint density at radius 2 is 1.81 bits per heavy atom. The van der Waals surface area contributed by atoms with Gasteiger partial charge < -0.3 is 25.0 Å². The number of furan rings is 1. The van der Waals surface area contributed by atoms with Crippen LogP contribution in [-0.2, 0) is 9.59 Å². The molecular formula is C19H18FN2O5-. The van der Waals surface area contributed by atoms with E-state index < -0.39 is 35.6 Å². The van der Waals surface area contributed by atoms with Gasteiger partial charge in [-0.3, -0.25) is 9.59 Å². The van der Waals surface area contributed by atoms with Gasteiger partial charge in [0.2, 0.25) is 0 Å². The summed E-state index contributed by atoms with van der Waals surface area (Å²) in [6.07, 6.45) is 2.59. The molecule has 0 saturated carbocycles. The number of nitrogens with one attached hydrogen (secondary N) is 2. The van der Waals surface area contributed by atoms with E-state index in [1.54, 1.807) is 13.8 Å². The quantitative estimate of drug-likeness (QED) is 0.706. The highest BCUT2D eigenvalue weighted by Gasteiger charge is 2.22. The van der Waals surface area contributed by atoms with Crippen LogP contribution >= 0.6 is 0 Å². The van der Waals surface area contributed by atoms with Gasteiger partial charge in [0.05, 0.1) is 18.3 Å². The minimum Gasteiger partial charge on any atom is -0.548 e. The maximum absolute atomic E-state index is 13.1. The molecule has 7 nitrogen and oxygen atoms in total. The number of amides is 2. The Hall–Kier alpha value is -3.42. The summed E-state index contributed by atoms with van der Waals surface area (Å²) in [4.78, 5) is 36.0. The molecule has 1 heterocycles. The fourth-order valence-corrected chi connectivity index (χ4v) is 2.19. The maximum Gasteiger partial charge on any atom is 0.291 e. The highest BCUT2D eigenvalue weighted by atomic mass is 19.1. The van der Waals surface area contributed by atoms with E-state index in [1.165, 1.54) is 48.7 Å². The van der Waals surface area contributed by atoms with Gasteiger partial charge >= 0.3 is 0 Å². The van der Waals surface area contributed by atoms with E-state index in [1.807, 2.05) is 0 Å². The van der Waals surface area contributed by atoms with E-state index in [0.717, 1.165) is 0 Å². The zero-order valence-corrected chi connectivity index (χ0v) is 14.7. The minimum atomic E-state index is -1.45. The average Bonchev–Trinajstić information content (AvgIpc) is 3.14. The number of hydrogen-bond acceptors (Lipinski definition) is 5. The van der Waals surface area contributed by atoms with Crippen molar-refractivity contribution in [2.75, 3.05) is 0 Å². The van der Waals surface area contributed by atoms with Gasteiger partial charge in [0.25, 0.3) is 11.8 Å². The monoisotopic (exact) mass is 373 g/mol. The second kappa shape index (κ2) is 8.79. The number of rotatable bonds is 7. The van der Waals surface area contributed by atoms with Gasteiger partial charge in [-0.05, 0) is 41.8 Å². The first-order valence-corrected chi connectivity index (χ1v) is 8.11. The summed E-state index contributed by atoms with van der Waals surface area (Å²) in [5.41, 5.74) is 0.200. The molecule has 0 radical (unpaired) electrons. The van der Waals surface area contributed by atoms with Gasteiger partial charge in [-0.15, -0.1) is 0 Å². The van der Waals surface area contributed by atoms with Crippen molar-refractivity contribution in [3.63, 3.8) is 0 Å². The predicted octanol–water partition coefficient (Wildman–Crippen LogP) is 1.08. The fraction of sp³-hybridized carbons (Fsp3) is 0.211. The summed E-state index contributed by atoms with van der Waals surface area (Å²) in [5, 5.41) is 15.9. The first-order valence-electron chi connectivity index (χ1n) is 8.11. The molecule has 8 heteroatoms. The molecule has 0 bridgehead atoms. The molecule has 0 aliphatic heterocycles. The predicted molar refractivity (Wildman–Crippen MR) is 92.3 cm³/mol. The number of carboxylic acids is 1. The van der Waals surface area contributed by atoms with E-state index in [9.17, 15) is 23.9 Å². The van der Waals surface area contributed by atoms with E-state index in [0.29, 0.717) is 5.56 Å². The molecule has 0 unspecified atom stereocenters. The second-order valence-corrected chi connectivity index (χ2v) is 6.06. The third-order valence-electron chi connectivity index (χ3n) is 3.63. The molecule has 1 atom stereocenters. The van der Waals surface area contributed by atoms with Gasteiger partial charge in [-0.1, -0.05) is 26.0 Å². The van der Waals surface area contributed by atoms with Crippen molar-refractivity contribution in [3.05, 3.63) is 65.5 Å². The van der Waals surface area contributed by atoms with Crippen LogP contribution in [0.1, 0.15) is 30.0 Å². The lowest BCUT2D eigenvalue weighted by Gasteiger charge is -2.24. The number of benzene rings is 1. The molecule has 0 aliphatic rings. The Balaban J connectivity index is 2.30. The Labute approximate surface area is 154 Å². The van der Waals surface area contributed by atoms with Crippen molar-refractivity contribution in [2.45, 2.75) is 19.9 Å². The number of carboxylic acid groups (broad SMARTS) is 1. The third-order valence-corrected chi connectivity index (χ3v) is 3.63. The van der Waals surface area contributed by atoms with Crippen LogP contribution in [0.3, 0.4) is 0 Å². The smallest absolute Gasteiger partial charge is 0.291 e. The van der Waals surface area contributed by atoms with Crippen LogP contribution < -0.4 is 15.7 Å². The van der Waals surface area contributed by atoms with Crippen LogP contribution in [0.5, 0.6) is 0 Å².